The minimum atomic E-state index is -1.01. The second-order valence-corrected chi connectivity index (χ2v) is 5.34. The molecule has 1 aliphatic carbocycles. The van der Waals surface area contributed by atoms with E-state index in [1.54, 1.807) is 0 Å². The van der Waals surface area contributed by atoms with Crippen LogP contribution in [0.5, 0.6) is 0 Å². The van der Waals surface area contributed by atoms with Gasteiger partial charge in [0.1, 0.15) is 0 Å². The van der Waals surface area contributed by atoms with Crippen LogP contribution in [0.3, 0.4) is 0 Å². The highest BCUT2D eigenvalue weighted by atomic mass is 19.2. The maximum Gasteiger partial charge on any atom is 0.251 e. The molecule has 1 aromatic rings. The second kappa shape index (κ2) is 6.79. The molecule has 110 valence electrons. The fourth-order valence-electron chi connectivity index (χ4n) is 2.79. The third kappa shape index (κ3) is 3.54. The van der Waals surface area contributed by atoms with Crippen molar-refractivity contribution in [3.63, 3.8) is 0 Å². The molecule has 0 aliphatic heterocycles. The summed E-state index contributed by atoms with van der Waals surface area (Å²) in [5.41, 5.74) is 5.86. The SMILES string of the molecule is NCC(NC(=O)c1ccc(F)c(F)c1)C1CCCCC1. The Morgan fingerprint density at radius 3 is 2.55 bits per heavy atom. The summed E-state index contributed by atoms with van der Waals surface area (Å²) in [6.45, 7) is 0.361. The summed E-state index contributed by atoms with van der Waals surface area (Å²) in [6.07, 6.45) is 5.65. The number of nitrogens with one attached hydrogen (secondary N) is 1. The highest BCUT2D eigenvalue weighted by molar-refractivity contribution is 5.94. The number of benzene rings is 1. The minimum absolute atomic E-state index is 0.101. The summed E-state index contributed by atoms with van der Waals surface area (Å²) in [7, 11) is 0. The van der Waals surface area contributed by atoms with Crippen LogP contribution >= 0.6 is 0 Å². The lowest BCUT2D eigenvalue weighted by atomic mass is 9.84. The average molecular weight is 282 g/mol. The summed E-state index contributed by atoms with van der Waals surface area (Å²) in [6, 6.07) is 3.06. The van der Waals surface area contributed by atoms with E-state index in [1.807, 2.05) is 0 Å². The van der Waals surface area contributed by atoms with Crippen molar-refractivity contribution in [2.24, 2.45) is 11.7 Å². The van der Waals surface area contributed by atoms with Gasteiger partial charge < -0.3 is 11.1 Å². The molecular weight excluding hydrogens is 262 g/mol. The van der Waals surface area contributed by atoms with Crippen LogP contribution in [0.1, 0.15) is 42.5 Å². The molecule has 0 saturated heterocycles. The predicted octanol–water partition coefficient (Wildman–Crippen LogP) is 2.60. The first-order valence-corrected chi connectivity index (χ1v) is 7.08. The van der Waals surface area contributed by atoms with Crippen LogP contribution in [0.4, 0.5) is 8.78 Å². The monoisotopic (exact) mass is 282 g/mol. The first-order valence-electron chi connectivity index (χ1n) is 7.08. The first-order chi connectivity index (χ1) is 9.61. The van der Waals surface area contributed by atoms with Gasteiger partial charge in [0, 0.05) is 18.2 Å². The number of hydrogen-bond acceptors (Lipinski definition) is 2. The zero-order chi connectivity index (χ0) is 14.5. The molecule has 0 bridgehead atoms. The summed E-state index contributed by atoms with van der Waals surface area (Å²) < 4.78 is 26.0. The number of hydrogen-bond donors (Lipinski definition) is 2. The van der Waals surface area contributed by atoms with Crippen LogP contribution < -0.4 is 11.1 Å². The van der Waals surface area contributed by atoms with Gasteiger partial charge in [-0.25, -0.2) is 8.78 Å². The summed E-state index contributed by atoms with van der Waals surface area (Å²) in [4.78, 5) is 12.1. The Morgan fingerprint density at radius 1 is 1.25 bits per heavy atom. The van der Waals surface area contributed by atoms with E-state index in [2.05, 4.69) is 5.32 Å². The lowest BCUT2D eigenvalue weighted by Crippen LogP contribution is -2.45. The predicted molar refractivity (Wildman–Crippen MR) is 73.2 cm³/mol. The van der Waals surface area contributed by atoms with Crippen LogP contribution in [-0.2, 0) is 0 Å². The van der Waals surface area contributed by atoms with E-state index in [4.69, 9.17) is 5.73 Å². The van der Waals surface area contributed by atoms with E-state index in [0.717, 1.165) is 37.8 Å². The van der Waals surface area contributed by atoms with Crippen molar-refractivity contribution in [2.75, 3.05) is 6.54 Å². The Balaban J connectivity index is 2.02. The number of carbonyl (C=O) groups excluding carboxylic acids is 1. The molecule has 1 atom stereocenters. The molecule has 0 radical (unpaired) electrons. The maximum absolute atomic E-state index is 13.1. The highest BCUT2D eigenvalue weighted by Gasteiger charge is 2.24. The normalized spacial score (nSPS) is 17.8. The van der Waals surface area contributed by atoms with Crippen molar-refractivity contribution in [2.45, 2.75) is 38.1 Å². The summed E-state index contributed by atoms with van der Waals surface area (Å²) >= 11 is 0. The van der Waals surface area contributed by atoms with E-state index in [-0.39, 0.29) is 11.6 Å². The topological polar surface area (TPSA) is 55.1 Å². The van der Waals surface area contributed by atoms with Gasteiger partial charge in [-0.1, -0.05) is 19.3 Å². The quantitative estimate of drug-likeness (QED) is 0.892. The number of halogens is 2. The number of nitrogens with two attached hydrogens (primary N) is 1. The Kier molecular flexibility index (Phi) is 5.06. The zero-order valence-corrected chi connectivity index (χ0v) is 11.4. The summed E-state index contributed by atoms with van der Waals surface area (Å²) in [5.74, 6) is -1.99. The van der Waals surface area contributed by atoms with Crippen LogP contribution in [0, 0.1) is 17.6 Å². The Hall–Kier alpha value is -1.49. The van der Waals surface area contributed by atoms with E-state index < -0.39 is 17.5 Å². The first kappa shape index (κ1) is 14.9. The molecule has 2 rings (SSSR count). The molecule has 1 amide bonds. The fraction of sp³-hybridized carbons (Fsp3) is 0.533. The van der Waals surface area contributed by atoms with Crippen molar-refractivity contribution in [1.29, 1.82) is 0 Å². The fourth-order valence-corrected chi connectivity index (χ4v) is 2.79. The van der Waals surface area contributed by atoms with Gasteiger partial charge in [-0.15, -0.1) is 0 Å². The minimum Gasteiger partial charge on any atom is -0.348 e. The smallest absolute Gasteiger partial charge is 0.251 e. The number of rotatable bonds is 4. The van der Waals surface area contributed by atoms with Crippen molar-refractivity contribution < 1.29 is 13.6 Å². The number of amides is 1. The van der Waals surface area contributed by atoms with Gasteiger partial charge in [0.15, 0.2) is 11.6 Å². The molecule has 0 spiro atoms. The van der Waals surface area contributed by atoms with Gasteiger partial charge in [0.25, 0.3) is 5.91 Å². The van der Waals surface area contributed by atoms with Gasteiger partial charge in [-0.3, -0.25) is 4.79 Å². The lowest BCUT2D eigenvalue weighted by Gasteiger charge is -2.30. The van der Waals surface area contributed by atoms with Crippen molar-refractivity contribution in [3.8, 4) is 0 Å². The molecule has 1 saturated carbocycles. The van der Waals surface area contributed by atoms with Gasteiger partial charge in [0.2, 0.25) is 0 Å². The third-order valence-electron chi connectivity index (χ3n) is 3.97. The molecule has 0 aromatic heterocycles. The van der Waals surface area contributed by atoms with Crippen molar-refractivity contribution in [3.05, 3.63) is 35.4 Å². The van der Waals surface area contributed by atoms with Gasteiger partial charge in [-0.2, -0.15) is 0 Å². The lowest BCUT2D eigenvalue weighted by molar-refractivity contribution is 0.0915. The molecule has 5 heteroatoms. The molecule has 3 N–H and O–H groups in total. The van der Waals surface area contributed by atoms with Crippen molar-refractivity contribution >= 4 is 5.91 Å². The second-order valence-electron chi connectivity index (χ2n) is 5.34. The summed E-state index contributed by atoms with van der Waals surface area (Å²) in [5, 5.41) is 2.85. The largest absolute Gasteiger partial charge is 0.348 e. The van der Waals surface area contributed by atoms with Crippen LogP contribution in [-0.4, -0.2) is 18.5 Å². The van der Waals surface area contributed by atoms with E-state index >= 15 is 0 Å². The molecule has 20 heavy (non-hydrogen) atoms. The molecule has 0 heterocycles. The number of carbonyl (C=O) groups is 1. The molecular formula is C15H20F2N2O. The molecule has 1 aliphatic rings. The van der Waals surface area contributed by atoms with Crippen LogP contribution in [0.2, 0.25) is 0 Å². The van der Waals surface area contributed by atoms with E-state index in [0.29, 0.717) is 12.5 Å². The Morgan fingerprint density at radius 2 is 1.95 bits per heavy atom. The van der Waals surface area contributed by atoms with E-state index in [1.165, 1.54) is 12.5 Å². The highest BCUT2D eigenvalue weighted by Crippen LogP contribution is 2.26. The van der Waals surface area contributed by atoms with Crippen LogP contribution in [0.25, 0.3) is 0 Å². The standard InChI is InChI=1S/C15H20F2N2O/c16-12-7-6-11(8-13(12)17)15(20)19-14(9-18)10-4-2-1-3-5-10/h6-8,10,14H,1-5,9,18H2,(H,19,20). The third-order valence-corrected chi connectivity index (χ3v) is 3.97. The van der Waals surface area contributed by atoms with Gasteiger partial charge >= 0.3 is 0 Å². The van der Waals surface area contributed by atoms with Gasteiger partial charge in [-0.05, 0) is 37.0 Å². The Labute approximate surface area is 117 Å². The molecule has 3 nitrogen and oxygen atoms in total. The van der Waals surface area contributed by atoms with Gasteiger partial charge in [0.05, 0.1) is 0 Å². The molecule has 1 fully saturated rings. The Bertz CT molecular complexity index is 473. The molecule has 1 unspecified atom stereocenters. The van der Waals surface area contributed by atoms with Crippen molar-refractivity contribution in [1.82, 2.24) is 5.32 Å². The zero-order valence-electron chi connectivity index (χ0n) is 11.4. The molecule has 1 aromatic carbocycles. The average Bonchev–Trinajstić information content (AvgIpc) is 2.48. The maximum atomic E-state index is 13.1. The van der Waals surface area contributed by atoms with E-state index in [9.17, 15) is 13.6 Å². The van der Waals surface area contributed by atoms with Crippen LogP contribution in [0.15, 0.2) is 18.2 Å².